The molecule has 0 unspecified atom stereocenters. The topological polar surface area (TPSA) is 63.0 Å². The first-order valence-electron chi connectivity index (χ1n) is 5.89. The Morgan fingerprint density at radius 2 is 2.33 bits per heavy atom. The highest BCUT2D eigenvalue weighted by Crippen LogP contribution is 2.22. The number of hydrogen-bond acceptors (Lipinski definition) is 5. The highest BCUT2D eigenvalue weighted by molar-refractivity contribution is 7.09. The van der Waals surface area contributed by atoms with E-state index in [0.29, 0.717) is 6.54 Å². The second kappa shape index (κ2) is 5.60. The molecule has 5 nitrogen and oxygen atoms in total. The van der Waals surface area contributed by atoms with Crippen LogP contribution in [0.4, 0.5) is 0 Å². The van der Waals surface area contributed by atoms with Gasteiger partial charge in [0, 0.05) is 29.9 Å². The summed E-state index contributed by atoms with van der Waals surface area (Å²) in [6.45, 7) is 5.61. The normalized spacial score (nSPS) is 11.9. The Kier molecular flexibility index (Phi) is 4.11. The average molecular weight is 266 g/mol. The summed E-state index contributed by atoms with van der Waals surface area (Å²) in [5, 5.41) is 19.5. The van der Waals surface area contributed by atoms with Crippen LogP contribution in [0.25, 0.3) is 0 Å². The summed E-state index contributed by atoms with van der Waals surface area (Å²) < 4.78 is 1.74. The van der Waals surface area contributed by atoms with E-state index in [1.54, 1.807) is 16.0 Å². The van der Waals surface area contributed by atoms with Crippen LogP contribution >= 0.6 is 11.3 Å². The fourth-order valence-electron chi connectivity index (χ4n) is 1.65. The highest BCUT2D eigenvalue weighted by Gasteiger charge is 2.22. The van der Waals surface area contributed by atoms with Gasteiger partial charge >= 0.3 is 0 Å². The van der Waals surface area contributed by atoms with Crippen LogP contribution in [0.5, 0.6) is 0 Å². The van der Waals surface area contributed by atoms with E-state index in [-0.39, 0.29) is 12.1 Å². The second-order valence-corrected chi connectivity index (χ2v) is 5.55. The Bertz CT molecular complexity index is 478. The summed E-state index contributed by atoms with van der Waals surface area (Å²) in [5.41, 5.74) is 0.959. The minimum Gasteiger partial charge on any atom is -0.394 e. The van der Waals surface area contributed by atoms with Gasteiger partial charge in [0.05, 0.1) is 24.9 Å². The van der Waals surface area contributed by atoms with Crippen molar-refractivity contribution < 1.29 is 5.11 Å². The van der Waals surface area contributed by atoms with E-state index in [9.17, 15) is 0 Å². The molecular formula is C12H18N4OS. The predicted octanol–water partition coefficient (Wildman–Crippen LogP) is 1.36. The Morgan fingerprint density at radius 3 is 3.00 bits per heavy atom. The van der Waals surface area contributed by atoms with Crippen molar-refractivity contribution in [3.05, 3.63) is 34.5 Å². The quantitative estimate of drug-likeness (QED) is 0.828. The molecule has 0 atom stereocenters. The third kappa shape index (κ3) is 3.16. The Hall–Kier alpha value is -1.24. The lowest BCUT2D eigenvalue weighted by molar-refractivity contribution is 0.269. The monoisotopic (exact) mass is 266 g/mol. The van der Waals surface area contributed by atoms with E-state index >= 15 is 0 Å². The van der Waals surface area contributed by atoms with Crippen molar-refractivity contribution in [1.82, 2.24) is 20.1 Å². The smallest absolute Gasteiger partial charge is 0.112 e. The number of aliphatic hydroxyl groups excluding tert-OH is 1. The van der Waals surface area contributed by atoms with Gasteiger partial charge in [-0.15, -0.1) is 11.3 Å². The molecule has 0 aliphatic heterocycles. The van der Waals surface area contributed by atoms with Crippen molar-refractivity contribution in [1.29, 1.82) is 0 Å². The molecule has 2 aromatic rings. The van der Waals surface area contributed by atoms with Gasteiger partial charge in [0.15, 0.2) is 0 Å². The summed E-state index contributed by atoms with van der Waals surface area (Å²) in [6, 6.07) is 0. The number of nitrogens with zero attached hydrogens (tertiary/aromatic N) is 3. The Balaban J connectivity index is 1.94. The van der Waals surface area contributed by atoms with Gasteiger partial charge in [-0.3, -0.25) is 4.68 Å². The van der Waals surface area contributed by atoms with Crippen LogP contribution < -0.4 is 5.32 Å². The summed E-state index contributed by atoms with van der Waals surface area (Å²) in [5.74, 6) is 0. The molecule has 0 amide bonds. The van der Waals surface area contributed by atoms with E-state index in [0.717, 1.165) is 17.1 Å². The van der Waals surface area contributed by atoms with Gasteiger partial charge in [0.1, 0.15) is 5.01 Å². The summed E-state index contributed by atoms with van der Waals surface area (Å²) in [4.78, 5) is 4.34. The minimum absolute atomic E-state index is 0.110. The summed E-state index contributed by atoms with van der Waals surface area (Å²) in [7, 11) is 0. The molecule has 0 aliphatic rings. The van der Waals surface area contributed by atoms with Crippen molar-refractivity contribution in [2.75, 3.05) is 6.61 Å². The van der Waals surface area contributed by atoms with Gasteiger partial charge in [-0.05, 0) is 13.8 Å². The minimum atomic E-state index is -0.146. The van der Waals surface area contributed by atoms with Crippen molar-refractivity contribution in [2.24, 2.45) is 0 Å². The molecule has 6 heteroatoms. The van der Waals surface area contributed by atoms with Crippen molar-refractivity contribution in [2.45, 2.75) is 32.5 Å². The SMILES string of the molecule is CC(C)(NCc1cnn(CCO)c1)c1nccs1. The third-order valence-electron chi connectivity index (χ3n) is 2.72. The van der Waals surface area contributed by atoms with Crippen LogP contribution in [-0.2, 0) is 18.6 Å². The maximum absolute atomic E-state index is 8.83. The molecule has 0 aliphatic carbocycles. The van der Waals surface area contributed by atoms with Gasteiger partial charge in [-0.25, -0.2) is 4.98 Å². The first-order chi connectivity index (χ1) is 8.62. The van der Waals surface area contributed by atoms with Crippen LogP contribution in [0.15, 0.2) is 24.0 Å². The van der Waals surface area contributed by atoms with E-state index in [2.05, 4.69) is 29.2 Å². The van der Waals surface area contributed by atoms with Crippen LogP contribution in [-0.4, -0.2) is 26.5 Å². The lowest BCUT2D eigenvalue weighted by Crippen LogP contribution is -2.35. The first kappa shape index (κ1) is 13.2. The fourth-order valence-corrected chi connectivity index (χ4v) is 2.39. The molecule has 2 heterocycles. The maximum Gasteiger partial charge on any atom is 0.112 e. The maximum atomic E-state index is 8.83. The molecular weight excluding hydrogens is 248 g/mol. The Morgan fingerprint density at radius 1 is 1.50 bits per heavy atom. The van der Waals surface area contributed by atoms with Crippen LogP contribution in [0.3, 0.4) is 0 Å². The average Bonchev–Trinajstić information content (AvgIpc) is 2.98. The molecule has 0 aromatic carbocycles. The van der Waals surface area contributed by atoms with Gasteiger partial charge in [0.25, 0.3) is 0 Å². The van der Waals surface area contributed by atoms with E-state index in [4.69, 9.17) is 5.11 Å². The van der Waals surface area contributed by atoms with Gasteiger partial charge in [-0.2, -0.15) is 5.10 Å². The number of nitrogens with one attached hydrogen (secondary N) is 1. The molecule has 2 N–H and O–H groups in total. The predicted molar refractivity (Wildman–Crippen MR) is 71.3 cm³/mol. The zero-order valence-electron chi connectivity index (χ0n) is 10.6. The molecule has 18 heavy (non-hydrogen) atoms. The zero-order valence-corrected chi connectivity index (χ0v) is 11.4. The molecule has 0 saturated heterocycles. The zero-order chi connectivity index (χ0) is 13.0. The summed E-state index contributed by atoms with van der Waals surface area (Å²) in [6.07, 6.45) is 5.59. The Labute approximate surface area is 110 Å². The van der Waals surface area contributed by atoms with Crippen LogP contribution in [0.2, 0.25) is 0 Å². The van der Waals surface area contributed by atoms with E-state index < -0.39 is 0 Å². The third-order valence-corrected chi connectivity index (χ3v) is 3.81. The molecule has 0 bridgehead atoms. The van der Waals surface area contributed by atoms with Gasteiger partial charge in [-0.1, -0.05) is 0 Å². The number of hydrogen-bond donors (Lipinski definition) is 2. The number of aromatic nitrogens is 3. The van der Waals surface area contributed by atoms with E-state index in [1.807, 2.05) is 24.0 Å². The van der Waals surface area contributed by atoms with Crippen molar-refractivity contribution in [3.8, 4) is 0 Å². The van der Waals surface area contributed by atoms with E-state index in [1.165, 1.54) is 0 Å². The highest BCUT2D eigenvalue weighted by atomic mass is 32.1. The van der Waals surface area contributed by atoms with Crippen LogP contribution in [0, 0.1) is 0 Å². The molecule has 0 fully saturated rings. The lowest BCUT2D eigenvalue weighted by Gasteiger charge is -2.23. The largest absolute Gasteiger partial charge is 0.394 e. The van der Waals surface area contributed by atoms with Crippen molar-refractivity contribution >= 4 is 11.3 Å². The fraction of sp³-hybridized carbons (Fsp3) is 0.500. The lowest BCUT2D eigenvalue weighted by atomic mass is 10.1. The standard InChI is InChI=1S/C12H18N4OS/c1-12(2,11-13-3-6-18-11)14-7-10-8-15-16(9-10)4-5-17/h3,6,8-9,14,17H,4-5,7H2,1-2H3. The molecule has 2 aromatic heterocycles. The molecule has 0 radical (unpaired) electrons. The van der Waals surface area contributed by atoms with Gasteiger partial charge in [0.2, 0.25) is 0 Å². The molecule has 2 rings (SSSR count). The number of thiazole rings is 1. The number of rotatable bonds is 6. The van der Waals surface area contributed by atoms with Crippen molar-refractivity contribution in [3.63, 3.8) is 0 Å². The summed E-state index contributed by atoms with van der Waals surface area (Å²) >= 11 is 1.65. The molecule has 0 spiro atoms. The molecule has 98 valence electrons. The number of aliphatic hydroxyl groups is 1. The molecule has 0 saturated carbocycles. The van der Waals surface area contributed by atoms with Crippen LogP contribution in [0.1, 0.15) is 24.4 Å². The first-order valence-corrected chi connectivity index (χ1v) is 6.77. The second-order valence-electron chi connectivity index (χ2n) is 4.65. The van der Waals surface area contributed by atoms with Gasteiger partial charge < -0.3 is 10.4 Å².